The molecule has 0 saturated heterocycles. The topological polar surface area (TPSA) is 46.9 Å². The molecule has 4 heteroatoms. The zero-order chi connectivity index (χ0) is 14.9. The lowest BCUT2D eigenvalue weighted by atomic mass is 10.2. The SMILES string of the molecule is CC=CC=CC(=O)NCc1nccn1Cc1ccccc1. The summed E-state index contributed by atoms with van der Waals surface area (Å²) in [6, 6.07) is 10.2. The van der Waals surface area contributed by atoms with Crippen molar-refractivity contribution in [3.63, 3.8) is 0 Å². The number of nitrogens with one attached hydrogen (secondary N) is 1. The van der Waals surface area contributed by atoms with E-state index < -0.39 is 0 Å². The van der Waals surface area contributed by atoms with Crippen molar-refractivity contribution < 1.29 is 4.79 Å². The van der Waals surface area contributed by atoms with Gasteiger partial charge in [-0.2, -0.15) is 0 Å². The molecule has 0 bridgehead atoms. The molecule has 108 valence electrons. The summed E-state index contributed by atoms with van der Waals surface area (Å²) in [5.41, 5.74) is 1.20. The van der Waals surface area contributed by atoms with Gasteiger partial charge in [0, 0.05) is 25.0 Å². The van der Waals surface area contributed by atoms with Gasteiger partial charge in [-0.1, -0.05) is 48.6 Å². The zero-order valence-electron chi connectivity index (χ0n) is 12.1. The molecule has 1 N–H and O–H groups in total. The van der Waals surface area contributed by atoms with Crippen molar-refractivity contribution >= 4 is 5.91 Å². The van der Waals surface area contributed by atoms with E-state index in [2.05, 4.69) is 22.4 Å². The van der Waals surface area contributed by atoms with Crippen LogP contribution >= 0.6 is 0 Å². The van der Waals surface area contributed by atoms with Crippen LogP contribution < -0.4 is 5.32 Å². The van der Waals surface area contributed by atoms with Crippen LogP contribution in [0.15, 0.2) is 67.0 Å². The summed E-state index contributed by atoms with van der Waals surface area (Å²) in [6.07, 6.45) is 10.6. The van der Waals surface area contributed by atoms with E-state index in [0.29, 0.717) is 6.54 Å². The molecular formula is C17H19N3O. The van der Waals surface area contributed by atoms with Crippen LogP contribution in [-0.2, 0) is 17.9 Å². The summed E-state index contributed by atoms with van der Waals surface area (Å²) in [5, 5.41) is 2.83. The Morgan fingerprint density at radius 1 is 1.29 bits per heavy atom. The Morgan fingerprint density at radius 2 is 2.10 bits per heavy atom. The molecule has 0 atom stereocenters. The Labute approximate surface area is 124 Å². The maximum absolute atomic E-state index is 11.6. The van der Waals surface area contributed by atoms with E-state index in [4.69, 9.17) is 0 Å². The summed E-state index contributed by atoms with van der Waals surface area (Å²) in [7, 11) is 0. The highest BCUT2D eigenvalue weighted by molar-refractivity contribution is 5.87. The largest absolute Gasteiger partial charge is 0.345 e. The highest BCUT2D eigenvalue weighted by Crippen LogP contribution is 2.05. The average molecular weight is 281 g/mol. The van der Waals surface area contributed by atoms with Gasteiger partial charge in [0.15, 0.2) is 0 Å². The number of rotatable bonds is 6. The first-order chi connectivity index (χ1) is 10.3. The van der Waals surface area contributed by atoms with Crippen LogP contribution in [0.5, 0.6) is 0 Å². The first-order valence-corrected chi connectivity index (χ1v) is 6.90. The molecule has 0 unspecified atom stereocenters. The Morgan fingerprint density at radius 3 is 2.86 bits per heavy atom. The van der Waals surface area contributed by atoms with Gasteiger partial charge in [-0.25, -0.2) is 4.98 Å². The predicted molar refractivity (Wildman–Crippen MR) is 83.6 cm³/mol. The Kier molecular flexibility index (Phi) is 5.52. The molecule has 1 amide bonds. The lowest BCUT2D eigenvalue weighted by Gasteiger charge is -2.08. The predicted octanol–water partition coefficient (Wildman–Crippen LogP) is 2.68. The number of benzene rings is 1. The molecule has 1 aromatic heterocycles. The van der Waals surface area contributed by atoms with Gasteiger partial charge in [-0.3, -0.25) is 4.79 Å². The monoisotopic (exact) mass is 281 g/mol. The Balaban J connectivity index is 1.93. The Bertz CT molecular complexity index is 626. The molecule has 0 aliphatic carbocycles. The molecular weight excluding hydrogens is 262 g/mol. The molecule has 4 nitrogen and oxygen atoms in total. The second-order valence-electron chi connectivity index (χ2n) is 4.56. The quantitative estimate of drug-likeness (QED) is 0.653. The van der Waals surface area contributed by atoms with E-state index in [1.54, 1.807) is 12.3 Å². The molecule has 0 radical (unpaired) electrons. The van der Waals surface area contributed by atoms with Gasteiger partial charge in [-0.15, -0.1) is 0 Å². The van der Waals surface area contributed by atoms with Crippen molar-refractivity contribution in [3.05, 3.63) is 78.4 Å². The molecule has 21 heavy (non-hydrogen) atoms. The number of carbonyl (C=O) groups is 1. The van der Waals surface area contributed by atoms with E-state index in [0.717, 1.165) is 12.4 Å². The standard InChI is InChI=1S/C17H19N3O/c1-2-3-5-10-17(21)19-13-16-18-11-12-20(16)14-15-8-6-4-7-9-15/h2-12H,13-14H2,1H3,(H,19,21). The number of nitrogens with zero attached hydrogens (tertiary/aromatic N) is 2. The highest BCUT2D eigenvalue weighted by atomic mass is 16.1. The third-order valence-electron chi connectivity index (χ3n) is 2.97. The van der Waals surface area contributed by atoms with Crippen LogP contribution in [0.3, 0.4) is 0 Å². The number of allylic oxidation sites excluding steroid dienone is 3. The third-order valence-corrected chi connectivity index (χ3v) is 2.97. The van der Waals surface area contributed by atoms with Crippen LogP contribution in [0.1, 0.15) is 18.3 Å². The Hall–Kier alpha value is -2.62. The lowest BCUT2D eigenvalue weighted by molar-refractivity contribution is -0.116. The summed E-state index contributed by atoms with van der Waals surface area (Å²) >= 11 is 0. The summed E-state index contributed by atoms with van der Waals surface area (Å²) < 4.78 is 2.03. The molecule has 1 heterocycles. The van der Waals surface area contributed by atoms with Crippen molar-refractivity contribution in [2.45, 2.75) is 20.0 Å². The maximum atomic E-state index is 11.6. The number of amides is 1. The molecule has 2 rings (SSSR count). The van der Waals surface area contributed by atoms with Crippen molar-refractivity contribution in [1.29, 1.82) is 0 Å². The zero-order valence-corrected chi connectivity index (χ0v) is 12.1. The van der Waals surface area contributed by atoms with Gasteiger partial charge in [0.05, 0.1) is 6.54 Å². The van der Waals surface area contributed by atoms with Crippen LogP contribution in [0.4, 0.5) is 0 Å². The normalized spacial score (nSPS) is 11.3. The smallest absolute Gasteiger partial charge is 0.244 e. The average Bonchev–Trinajstić information content (AvgIpc) is 2.94. The fourth-order valence-corrected chi connectivity index (χ4v) is 1.91. The third kappa shape index (κ3) is 4.76. The van der Waals surface area contributed by atoms with E-state index in [1.807, 2.05) is 48.0 Å². The molecule has 2 aromatic rings. The lowest BCUT2D eigenvalue weighted by Crippen LogP contribution is -2.22. The number of imidazole rings is 1. The van der Waals surface area contributed by atoms with Gasteiger partial charge in [-0.05, 0) is 12.5 Å². The van der Waals surface area contributed by atoms with E-state index in [-0.39, 0.29) is 5.91 Å². The number of carbonyl (C=O) groups excluding carboxylic acids is 1. The first-order valence-electron chi connectivity index (χ1n) is 6.90. The molecule has 0 spiro atoms. The van der Waals surface area contributed by atoms with E-state index >= 15 is 0 Å². The highest BCUT2D eigenvalue weighted by Gasteiger charge is 2.04. The van der Waals surface area contributed by atoms with Gasteiger partial charge < -0.3 is 9.88 Å². The number of hydrogen-bond donors (Lipinski definition) is 1. The molecule has 1 aromatic carbocycles. The summed E-state index contributed by atoms with van der Waals surface area (Å²) in [4.78, 5) is 15.9. The van der Waals surface area contributed by atoms with Crippen molar-refractivity contribution in [2.75, 3.05) is 0 Å². The van der Waals surface area contributed by atoms with Crippen LogP contribution in [0.2, 0.25) is 0 Å². The molecule has 0 aliphatic heterocycles. The van der Waals surface area contributed by atoms with E-state index in [9.17, 15) is 4.79 Å². The van der Waals surface area contributed by atoms with Crippen LogP contribution in [0.25, 0.3) is 0 Å². The minimum Gasteiger partial charge on any atom is -0.345 e. The van der Waals surface area contributed by atoms with Gasteiger partial charge in [0.25, 0.3) is 0 Å². The molecule has 0 saturated carbocycles. The van der Waals surface area contributed by atoms with Crippen LogP contribution in [0, 0.1) is 0 Å². The van der Waals surface area contributed by atoms with Crippen molar-refractivity contribution in [2.24, 2.45) is 0 Å². The van der Waals surface area contributed by atoms with Gasteiger partial charge >= 0.3 is 0 Å². The van der Waals surface area contributed by atoms with Crippen molar-refractivity contribution in [1.82, 2.24) is 14.9 Å². The van der Waals surface area contributed by atoms with Gasteiger partial charge in [0.2, 0.25) is 5.91 Å². The summed E-state index contributed by atoms with van der Waals surface area (Å²) in [5.74, 6) is 0.717. The minimum atomic E-state index is -0.123. The molecule has 0 aliphatic rings. The number of hydrogen-bond acceptors (Lipinski definition) is 2. The number of aromatic nitrogens is 2. The second-order valence-corrected chi connectivity index (χ2v) is 4.56. The van der Waals surface area contributed by atoms with Gasteiger partial charge in [0.1, 0.15) is 5.82 Å². The first kappa shape index (κ1) is 14.8. The van der Waals surface area contributed by atoms with Crippen LogP contribution in [-0.4, -0.2) is 15.5 Å². The summed E-state index contributed by atoms with van der Waals surface area (Å²) in [6.45, 7) is 3.07. The fourth-order valence-electron chi connectivity index (χ4n) is 1.91. The fraction of sp³-hybridized carbons (Fsp3) is 0.176. The van der Waals surface area contributed by atoms with Crippen molar-refractivity contribution in [3.8, 4) is 0 Å². The maximum Gasteiger partial charge on any atom is 0.244 e. The minimum absolute atomic E-state index is 0.123. The van der Waals surface area contributed by atoms with E-state index in [1.165, 1.54) is 11.6 Å². The second kappa shape index (κ2) is 7.85. The molecule has 0 fully saturated rings.